The Labute approximate surface area is 74.6 Å². The number of nitrogens with zero attached hydrogens (tertiary/aromatic N) is 1. The fourth-order valence-electron chi connectivity index (χ4n) is 0.799. The molecule has 0 spiro atoms. The number of hydrogen-bond donors (Lipinski definition) is 2. The summed E-state index contributed by atoms with van der Waals surface area (Å²) in [5.41, 5.74) is 1.10. The van der Waals surface area contributed by atoms with Crippen LogP contribution in [0.5, 0.6) is 0 Å². The Morgan fingerprint density at radius 3 is 2.75 bits per heavy atom. The van der Waals surface area contributed by atoms with Gasteiger partial charge in [-0.2, -0.15) is 0 Å². The average Bonchev–Trinajstić information content (AvgIpc) is 2.52. The van der Waals surface area contributed by atoms with E-state index < -0.39 is 0 Å². The van der Waals surface area contributed by atoms with Crippen molar-refractivity contribution in [3.8, 4) is 0 Å². The molecule has 0 fully saturated rings. The molecule has 2 heterocycles. The topological polar surface area (TPSA) is 53.4 Å². The van der Waals surface area contributed by atoms with Crippen molar-refractivity contribution >= 4 is 29.2 Å². The molecule has 0 aliphatic heterocycles. The molecule has 0 saturated carbocycles. The van der Waals surface area contributed by atoms with Crippen molar-refractivity contribution in [3.05, 3.63) is 29.8 Å². The predicted molar refractivity (Wildman–Crippen MR) is 49.8 cm³/mol. The second-order valence-corrected chi connectivity index (χ2v) is 2.87. The minimum atomic E-state index is 0. The van der Waals surface area contributed by atoms with E-state index in [0.717, 1.165) is 5.52 Å². The van der Waals surface area contributed by atoms with Gasteiger partial charge >= 0.3 is 7.69 Å². The molecular formula is C7H7BNO2S. The van der Waals surface area contributed by atoms with Gasteiger partial charge in [0.1, 0.15) is 0 Å². The highest BCUT2D eigenvalue weighted by Gasteiger charge is 1.89. The van der Waals surface area contributed by atoms with E-state index in [4.69, 9.17) is 10.0 Å². The Balaban J connectivity index is 0.000000213. The third-order valence-electron chi connectivity index (χ3n) is 1.22. The molecule has 0 aromatic carbocycles. The van der Waals surface area contributed by atoms with Gasteiger partial charge in [0.05, 0.1) is 10.2 Å². The third kappa shape index (κ3) is 2.30. The monoisotopic (exact) mass is 180 g/mol. The van der Waals surface area contributed by atoms with Crippen LogP contribution in [0.3, 0.4) is 0 Å². The first-order chi connectivity index (χ1) is 5.88. The number of hydrogen-bond acceptors (Lipinski definition) is 4. The lowest BCUT2D eigenvalue weighted by Crippen LogP contribution is -1.75. The van der Waals surface area contributed by atoms with Crippen LogP contribution >= 0.6 is 11.3 Å². The summed E-state index contributed by atoms with van der Waals surface area (Å²) in [4.78, 5) is 4.15. The molecule has 12 heavy (non-hydrogen) atoms. The van der Waals surface area contributed by atoms with E-state index in [0.29, 0.717) is 0 Å². The minimum Gasteiger partial charge on any atom is -0.429 e. The van der Waals surface area contributed by atoms with Gasteiger partial charge in [-0.3, -0.25) is 4.98 Å². The first-order valence-electron chi connectivity index (χ1n) is 3.27. The van der Waals surface area contributed by atoms with Crippen molar-refractivity contribution in [3.63, 3.8) is 0 Å². The summed E-state index contributed by atoms with van der Waals surface area (Å²) in [6, 6.07) is 6.06. The van der Waals surface area contributed by atoms with Crippen LogP contribution in [-0.4, -0.2) is 22.7 Å². The summed E-state index contributed by atoms with van der Waals surface area (Å²) in [6.07, 6.45) is 1.81. The van der Waals surface area contributed by atoms with Gasteiger partial charge in [-0.05, 0) is 23.6 Å². The molecule has 1 radical (unpaired) electrons. The van der Waals surface area contributed by atoms with Crippen molar-refractivity contribution < 1.29 is 10.0 Å². The summed E-state index contributed by atoms with van der Waals surface area (Å²) in [7, 11) is 0. The summed E-state index contributed by atoms with van der Waals surface area (Å²) in [5, 5.41) is 16.1. The predicted octanol–water partition coefficient (Wildman–Crippen LogP) is 0.801. The molecule has 0 aliphatic rings. The fraction of sp³-hybridized carbons (Fsp3) is 0. The van der Waals surface area contributed by atoms with Crippen LogP contribution in [0.15, 0.2) is 29.8 Å². The van der Waals surface area contributed by atoms with E-state index in [1.165, 1.54) is 4.70 Å². The molecule has 0 aliphatic carbocycles. The maximum absolute atomic E-state index is 7.00. The second kappa shape index (κ2) is 4.87. The van der Waals surface area contributed by atoms with Crippen LogP contribution in [0.25, 0.3) is 10.2 Å². The molecule has 5 heteroatoms. The van der Waals surface area contributed by atoms with Gasteiger partial charge in [0.25, 0.3) is 0 Å². The highest BCUT2D eigenvalue weighted by Crippen LogP contribution is 2.16. The average molecular weight is 180 g/mol. The van der Waals surface area contributed by atoms with Crippen molar-refractivity contribution in [1.29, 1.82) is 0 Å². The number of fused-ring (bicyclic) bond motifs is 1. The van der Waals surface area contributed by atoms with Crippen LogP contribution in [0.2, 0.25) is 0 Å². The van der Waals surface area contributed by atoms with E-state index in [1.54, 1.807) is 11.3 Å². The molecule has 3 nitrogen and oxygen atoms in total. The van der Waals surface area contributed by atoms with Crippen LogP contribution in [0.4, 0.5) is 0 Å². The number of thiophene rings is 1. The summed E-state index contributed by atoms with van der Waals surface area (Å²) in [5.74, 6) is 0. The number of rotatable bonds is 0. The molecule has 0 unspecified atom stereocenters. The Bertz CT molecular complexity index is 308. The van der Waals surface area contributed by atoms with Crippen LogP contribution < -0.4 is 0 Å². The first kappa shape index (κ1) is 9.19. The zero-order valence-electron chi connectivity index (χ0n) is 6.21. The van der Waals surface area contributed by atoms with Gasteiger partial charge < -0.3 is 10.0 Å². The maximum Gasteiger partial charge on any atom is 0.482 e. The molecule has 0 bridgehead atoms. The van der Waals surface area contributed by atoms with Crippen LogP contribution in [0.1, 0.15) is 0 Å². The first-order valence-corrected chi connectivity index (χ1v) is 4.15. The smallest absolute Gasteiger partial charge is 0.429 e. The van der Waals surface area contributed by atoms with Gasteiger partial charge in [0.2, 0.25) is 0 Å². The van der Waals surface area contributed by atoms with E-state index >= 15 is 0 Å². The van der Waals surface area contributed by atoms with E-state index in [1.807, 2.05) is 18.3 Å². The van der Waals surface area contributed by atoms with Gasteiger partial charge in [0, 0.05) is 6.20 Å². The van der Waals surface area contributed by atoms with Crippen molar-refractivity contribution in [2.45, 2.75) is 0 Å². The lowest BCUT2D eigenvalue weighted by molar-refractivity contribution is 0.448. The zero-order valence-corrected chi connectivity index (χ0v) is 7.03. The number of pyridine rings is 1. The van der Waals surface area contributed by atoms with Crippen LogP contribution in [-0.2, 0) is 0 Å². The molecule has 2 rings (SSSR count). The van der Waals surface area contributed by atoms with Crippen molar-refractivity contribution in [1.82, 2.24) is 4.98 Å². The summed E-state index contributed by atoms with van der Waals surface area (Å²) in [6.45, 7) is 0. The second-order valence-electron chi connectivity index (χ2n) is 1.92. The minimum absolute atomic E-state index is 0. The molecule has 2 N–H and O–H groups in total. The summed E-state index contributed by atoms with van der Waals surface area (Å²) >= 11 is 1.72. The molecule has 0 saturated heterocycles. The lowest BCUT2D eigenvalue weighted by atomic mass is 10.4. The Kier molecular flexibility index (Phi) is 3.73. The Hall–Kier alpha value is -0.905. The van der Waals surface area contributed by atoms with Gasteiger partial charge in [-0.25, -0.2) is 0 Å². The third-order valence-corrected chi connectivity index (χ3v) is 2.09. The maximum atomic E-state index is 7.00. The highest BCUT2D eigenvalue weighted by molar-refractivity contribution is 7.17. The van der Waals surface area contributed by atoms with Gasteiger partial charge in [0.15, 0.2) is 0 Å². The summed E-state index contributed by atoms with van der Waals surface area (Å²) < 4.78 is 1.26. The highest BCUT2D eigenvalue weighted by atomic mass is 32.1. The lowest BCUT2D eigenvalue weighted by Gasteiger charge is -1.81. The SMILES string of the molecule is O[B]O.c1cnc2ccsc2c1. The fourth-order valence-corrected chi connectivity index (χ4v) is 1.54. The van der Waals surface area contributed by atoms with Crippen LogP contribution in [0, 0.1) is 0 Å². The van der Waals surface area contributed by atoms with E-state index in [2.05, 4.69) is 16.4 Å². The molecule has 0 amide bonds. The normalized spacial score (nSPS) is 8.83. The molecule has 0 atom stereocenters. The Morgan fingerprint density at radius 1 is 1.33 bits per heavy atom. The quantitative estimate of drug-likeness (QED) is 0.589. The van der Waals surface area contributed by atoms with Crippen molar-refractivity contribution in [2.24, 2.45) is 0 Å². The van der Waals surface area contributed by atoms with Gasteiger partial charge in [-0.1, -0.05) is 0 Å². The van der Waals surface area contributed by atoms with E-state index in [-0.39, 0.29) is 7.69 Å². The van der Waals surface area contributed by atoms with Crippen molar-refractivity contribution in [2.75, 3.05) is 0 Å². The molecular weight excluding hydrogens is 173 g/mol. The van der Waals surface area contributed by atoms with Gasteiger partial charge in [-0.15, -0.1) is 11.3 Å². The Morgan fingerprint density at radius 2 is 2.08 bits per heavy atom. The molecule has 2 aromatic heterocycles. The standard InChI is InChI=1S/C7H5NS.BH2O2/c1-2-7-6(8-4-1)3-5-9-7;2-1-3/h1-5H;2-3H. The number of aromatic nitrogens is 1. The molecule has 2 aromatic rings. The molecule has 61 valence electrons. The van der Waals surface area contributed by atoms with E-state index in [9.17, 15) is 0 Å². The largest absolute Gasteiger partial charge is 0.482 e. The zero-order chi connectivity index (χ0) is 8.81.